The van der Waals surface area contributed by atoms with Crippen molar-refractivity contribution in [3.05, 3.63) is 68.8 Å². The molecule has 1 aromatic heterocycles. The number of halogens is 2. The fourth-order valence-corrected chi connectivity index (χ4v) is 2.78. The molecule has 0 unspecified atom stereocenters. The predicted octanol–water partition coefficient (Wildman–Crippen LogP) is 2.59. The molecule has 0 aliphatic carbocycles. The van der Waals surface area contributed by atoms with Crippen LogP contribution in [0.3, 0.4) is 0 Å². The molecule has 0 bridgehead atoms. The minimum Gasteiger partial charge on any atom is -0.354 e. The van der Waals surface area contributed by atoms with Crippen LogP contribution < -0.4 is 11.0 Å². The Labute approximate surface area is 145 Å². The van der Waals surface area contributed by atoms with E-state index in [-0.39, 0.29) is 18.0 Å². The van der Waals surface area contributed by atoms with Crippen molar-refractivity contribution in [3.63, 3.8) is 0 Å². The summed E-state index contributed by atoms with van der Waals surface area (Å²) in [6.07, 6.45) is 0.279. The van der Waals surface area contributed by atoms with Crippen LogP contribution in [0, 0.1) is 5.82 Å². The van der Waals surface area contributed by atoms with Crippen molar-refractivity contribution in [1.82, 2.24) is 14.9 Å². The van der Waals surface area contributed by atoms with E-state index in [0.717, 1.165) is 10.0 Å². The van der Waals surface area contributed by atoms with Gasteiger partial charge < -0.3 is 10.3 Å². The Morgan fingerprint density at radius 3 is 2.71 bits per heavy atom. The minimum absolute atomic E-state index is 0.115. The largest absolute Gasteiger partial charge is 0.354 e. The summed E-state index contributed by atoms with van der Waals surface area (Å²) in [6, 6.07) is 11.6. The van der Waals surface area contributed by atoms with Gasteiger partial charge in [0.1, 0.15) is 5.82 Å². The highest BCUT2D eigenvalue weighted by Crippen LogP contribution is 2.12. The first-order chi connectivity index (χ1) is 11.5. The number of rotatable bonds is 5. The van der Waals surface area contributed by atoms with Crippen molar-refractivity contribution < 1.29 is 9.18 Å². The SMILES string of the molecule is O=C(Cc1ccc(Br)cc1)NCCn1c(=O)[nH]c2cc(F)ccc21. The number of aromatic nitrogens is 2. The van der Waals surface area contributed by atoms with Gasteiger partial charge >= 0.3 is 5.69 Å². The summed E-state index contributed by atoms with van der Waals surface area (Å²) in [6.45, 7) is 0.635. The molecule has 1 amide bonds. The molecule has 24 heavy (non-hydrogen) atoms. The highest BCUT2D eigenvalue weighted by molar-refractivity contribution is 9.10. The molecular weight excluding hydrogens is 377 g/mol. The molecule has 124 valence electrons. The van der Waals surface area contributed by atoms with Crippen molar-refractivity contribution in [1.29, 1.82) is 0 Å². The summed E-state index contributed by atoms with van der Waals surface area (Å²) in [4.78, 5) is 26.5. The first-order valence-electron chi connectivity index (χ1n) is 7.42. The maximum Gasteiger partial charge on any atom is 0.326 e. The van der Waals surface area contributed by atoms with E-state index in [4.69, 9.17) is 0 Å². The molecule has 0 saturated carbocycles. The van der Waals surface area contributed by atoms with Crippen molar-refractivity contribution in [2.24, 2.45) is 0 Å². The van der Waals surface area contributed by atoms with Gasteiger partial charge in [-0.1, -0.05) is 28.1 Å². The first kappa shape index (κ1) is 16.4. The third-order valence-corrected chi connectivity index (χ3v) is 4.20. The van der Waals surface area contributed by atoms with Crippen LogP contribution in [0.15, 0.2) is 51.7 Å². The van der Waals surface area contributed by atoms with E-state index in [1.165, 1.54) is 16.7 Å². The van der Waals surface area contributed by atoms with Gasteiger partial charge in [0.2, 0.25) is 5.91 Å². The molecule has 2 N–H and O–H groups in total. The van der Waals surface area contributed by atoms with E-state index < -0.39 is 5.82 Å². The maximum absolute atomic E-state index is 13.2. The number of nitrogens with one attached hydrogen (secondary N) is 2. The van der Waals surface area contributed by atoms with Crippen molar-refractivity contribution >= 4 is 32.9 Å². The summed E-state index contributed by atoms with van der Waals surface area (Å²) in [5.41, 5.74) is 1.65. The third-order valence-electron chi connectivity index (χ3n) is 3.67. The van der Waals surface area contributed by atoms with E-state index in [2.05, 4.69) is 26.2 Å². The molecule has 3 rings (SSSR count). The number of fused-ring (bicyclic) bond motifs is 1. The smallest absolute Gasteiger partial charge is 0.326 e. The van der Waals surface area contributed by atoms with Crippen LogP contribution in [0.2, 0.25) is 0 Å². The fraction of sp³-hybridized carbons (Fsp3) is 0.176. The average Bonchev–Trinajstić information content (AvgIpc) is 2.84. The fourth-order valence-electron chi connectivity index (χ4n) is 2.52. The molecule has 5 nitrogen and oxygen atoms in total. The molecule has 1 heterocycles. The van der Waals surface area contributed by atoms with E-state index in [9.17, 15) is 14.0 Å². The summed E-state index contributed by atoms with van der Waals surface area (Å²) < 4.78 is 15.6. The molecule has 0 saturated heterocycles. The number of aromatic amines is 1. The minimum atomic E-state index is -0.404. The number of carbonyl (C=O) groups is 1. The Bertz CT molecular complexity index is 931. The Kier molecular flexibility index (Phi) is 4.80. The number of carbonyl (C=O) groups excluding carboxylic acids is 1. The van der Waals surface area contributed by atoms with Crippen LogP contribution in [-0.4, -0.2) is 22.0 Å². The van der Waals surface area contributed by atoms with Crippen molar-refractivity contribution in [3.8, 4) is 0 Å². The lowest BCUT2D eigenvalue weighted by atomic mass is 10.1. The summed E-state index contributed by atoms with van der Waals surface area (Å²) >= 11 is 3.35. The van der Waals surface area contributed by atoms with Gasteiger partial charge in [-0.2, -0.15) is 0 Å². The molecule has 0 aliphatic heterocycles. The standard InChI is InChI=1S/C17H15BrFN3O2/c18-12-3-1-11(2-4-12)9-16(23)20-7-8-22-15-6-5-13(19)10-14(15)21-17(22)24/h1-6,10H,7-9H2,(H,20,23)(H,21,24). The van der Waals surface area contributed by atoms with E-state index in [1.807, 2.05) is 24.3 Å². The number of imidazole rings is 1. The Balaban J connectivity index is 1.60. The lowest BCUT2D eigenvalue weighted by Crippen LogP contribution is -2.31. The number of H-pyrrole nitrogens is 1. The van der Waals surface area contributed by atoms with Crippen LogP contribution in [-0.2, 0) is 17.8 Å². The number of amides is 1. The Morgan fingerprint density at radius 1 is 1.21 bits per heavy atom. The zero-order valence-corrected chi connectivity index (χ0v) is 14.3. The van der Waals surface area contributed by atoms with Gasteiger partial charge in [-0.3, -0.25) is 9.36 Å². The van der Waals surface area contributed by atoms with Gasteiger partial charge in [-0.05, 0) is 35.9 Å². The summed E-state index contributed by atoms with van der Waals surface area (Å²) in [7, 11) is 0. The highest BCUT2D eigenvalue weighted by atomic mass is 79.9. The van der Waals surface area contributed by atoms with E-state index >= 15 is 0 Å². The lowest BCUT2D eigenvalue weighted by Gasteiger charge is -2.07. The third kappa shape index (κ3) is 3.73. The van der Waals surface area contributed by atoms with Crippen molar-refractivity contribution in [2.45, 2.75) is 13.0 Å². The zero-order chi connectivity index (χ0) is 17.1. The van der Waals surface area contributed by atoms with Gasteiger partial charge in [-0.25, -0.2) is 9.18 Å². The molecule has 7 heteroatoms. The molecular formula is C17H15BrFN3O2. The molecule has 0 fully saturated rings. The van der Waals surface area contributed by atoms with Gasteiger partial charge in [0.25, 0.3) is 0 Å². The molecule has 0 atom stereocenters. The van der Waals surface area contributed by atoms with Gasteiger partial charge in [0.15, 0.2) is 0 Å². The van der Waals surface area contributed by atoms with Crippen LogP contribution in [0.4, 0.5) is 4.39 Å². The molecule has 0 spiro atoms. The molecule has 2 aromatic carbocycles. The number of nitrogens with zero attached hydrogens (tertiary/aromatic N) is 1. The predicted molar refractivity (Wildman–Crippen MR) is 93.4 cm³/mol. The van der Waals surface area contributed by atoms with Crippen LogP contribution in [0.1, 0.15) is 5.56 Å². The van der Waals surface area contributed by atoms with Gasteiger partial charge in [0, 0.05) is 17.6 Å². The first-order valence-corrected chi connectivity index (χ1v) is 8.21. The van der Waals surface area contributed by atoms with Crippen LogP contribution >= 0.6 is 15.9 Å². The van der Waals surface area contributed by atoms with Crippen molar-refractivity contribution in [2.75, 3.05) is 6.54 Å². The second-order valence-electron chi connectivity index (χ2n) is 5.40. The number of benzene rings is 2. The Hall–Kier alpha value is -2.41. The van der Waals surface area contributed by atoms with E-state index in [0.29, 0.717) is 24.1 Å². The molecule has 0 radical (unpaired) electrons. The zero-order valence-electron chi connectivity index (χ0n) is 12.7. The van der Waals surface area contributed by atoms with Gasteiger partial charge in [0.05, 0.1) is 17.5 Å². The van der Waals surface area contributed by atoms with Gasteiger partial charge in [-0.15, -0.1) is 0 Å². The second kappa shape index (κ2) is 7.00. The quantitative estimate of drug-likeness (QED) is 0.701. The second-order valence-corrected chi connectivity index (χ2v) is 6.31. The number of hydrogen-bond acceptors (Lipinski definition) is 2. The maximum atomic E-state index is 13.2. The lowest BCUT2D eigenvalue weighted by molar-refractivity contribution is -0.120. The molecule has 0 aliphatic rings. The van der Waals surface area contributed by atoms with Crippen LogP contribution in [0.5, 0.6) is 0 Å². The monoisotopic (exact) mass is 391 g/mol. The summed E-state index contributed by atoms with van der Waals surface area (Å²) in [5.74, 6) is -0.519. The number of hydrogen-bond donors (Lipinski definition) is 2. The van der Waals surface area contributed by atoms with E-state index in [1.54, 1.807) is 6.07 Å². The average molecular weight is 392 g/mol. The normalized spacial score (nSPS) is 10.9. The Morgan fingerprint density at radius 2 is 1.96 bits per heavy atom. The van der Waals surface area contributed by atoms with Crippen LogP contribution in [0.25, 0.3) is 11.0 Å². The molecule has 3 aromatic rings. The summed E-state index contributed by atoms with van der Waals surface area (Å²) in [5, 5.41) is 2.79. The highest BCUT2D eigenvalue weighted by Gasteiger charge is 2.08. The topological polar surface area (TPSA) is 66.9 Å².